The van der Waals surface area contributed by atoms with Gasteiger partial charge in [0.2, 0.25) is 0 Å². The summed E-state index contributed by atoms with van der Waals surface area (Å²) in [5.41, 5.74) is 3.89. The fourth-order valence-electron chi connectivity index (χ4n) is 2.44. The maximum atomic E-state index is 9.67. The van der Waals surface area contributed by atoms with Crippen LogP contribution in [-0.2, 0) is 6.54 Å². The predicted molar refractivity (Wildman–Crippen MR) is 76.0 cm³/mol. The zero-order valence-corrected chi connectivity index (χ0v) is 11.6. The minimum absolute atomic E-state index is 0.169. The van der Waals surface area contributed by atoms with Crippen molar-refractivity contribution in [3.63, 3.8) is 0 Å². The molecule has 1 aliphatic rings. The third kappa shape index (κ3) is 3.24. The molecule has 1 aromatic rings. The van der Waals surface area contributed by atoms with Crippen molar-refractivity contribution >= 4 is 5.69 Å². The van der Waals surface area contributed by atoms with Gasteiger partial charge in [-0.25, -0.2) is 0 Å². The van der Waals surface area contributed by atoms with E-state index in [1.54, 1.807) is 0 Å². The lowest BCUT2D eigenvalue weighted by Gasteiger charge is -2.23. The highest BCUT2D eigenvalue weighted by Gasteiger charge is 2.22. The van der Waals surface area contributed by atoms with E-state index in [-0.39, 0.29) is 6.10 Å². The zero-order valence-electron chi connectivity index (χ0n) is 11.6. The Morgan fingerprint density at radius 1 is 1.44 bits per heavy atom. The van der Waals surface area contributed by atoms with Crippen molar-refractivity contribution in [3.8, 4) is 0 Å². The quantitative estimate of drug-likeness (QED) is 0.856. The van der Waals surface area contributed by atoms with Gasteiger partial charge in [0.1, 0.15) is 0 Å². The van der Waals surface area contributed by atoms with Gasteiger partial charge in [-0.2, -0.15) is 0 Å². The Labute approximate surface area is 110 Å². The topological polar surface area (TPSA) is 35.5 Å². The molecule has 1 atom stereocenters. The standard InChI is InChI=1S/C15H24N2O/c1-11(2)16-9-13-8-12(3)4-5-15(13)17-7-6-14(18)10-17/h4-5,8,11,14,16,18H,6-7,9-10H2,1-3H3. The third-order valence-corrected chi connectivity index (χ3v) is 3.44. The van der Waals surface area contributed by atoms with Crippen LogP contribution in [0.3, 0.4) is 0 Å². The molecule has 0 aromatic heterocycles. The molecule has 2 rings (SSSR count). The summed E-state index contributed by atoms with van der Waals surface area (Å²) < 4.78 is 0. The van der Waals surface area contributed by atoms with Gasteiger partial charge >= 0.3 is 0 Å². The summed E-state index contributed by atoms with van der Waals surface area (Å²) >= 11 is 0. The lowest BCUT2D eigenvalue weighted by atomic mass is 10.1. The number of hydrogen-bond acceptors (Lipinski definition) is 3. The number of aryl methyl sites for hydroxylation is 1. The number of anilines is 1. The summed E-state index contributed by atoms with van der Waals surface area (Å²) in [6.45, 7) is 9.06. The molecule has 3 nitrogen and oxygen atoms in total. The number of nitrogens with one attached hydrogen (secondary N) is 1. The van der Waals surface area contributed by atoms with Crippen molar-refractivity contribution in [3.05, 3.63) is 29.3 Å². The Bertz CT molecular complexity index is 403. The maximum Gasteiger partial charge on any atom is 0.0731 e. The second kappa shape index (κ2) is 5.72. The minimum atomic E-state index is -0.169. The van der Waals surface area contributed by atoms with Crippen LogP contribution in [0.5, 0.6) is 0 Å². The summed E-state index contributed by atoms with van der Waals surface area (Å²) in [5, 5.41) is 13.1. The highest BCUT2D eigenvalue weighted by molar-refractivity contribution is 5.55. The molecule has 1 aliphatic heterocycles. The van der Waals surface area contributed by atoms with Crippen LogP contribution in [0.2, 0.25) is 0 Å². The molecule has 100 valence electrons. The molecule has 0 aliphatic carbocycles. The Morgan fingerprint density at radius 2 is 2.22 bits per heavy atom. The molecule has 1 aromatic carbocycles. The van der Waals surface area contributed by atoms with Crippen LogP contribution in [-0.4, -0.2) is 30.3 Å². The Morgan fingerprint density at radius 3 is 2.83 bits per heavy atom. The molecule has 2 N–H and O–H groups in total. The van der Waals surface area contributed by atoms with Crippen LogP contribution >= 0.6 is 0 Å². The lowest BCUT2D eigenvalue weighted by molar-refractivity contribution is 0.198. The van der Waals surface area contributed by atoms with Gasteiger partial charge in [-0.3, -0.25) is 0 Å². The first kappa shape index (κ1) is 13.4. The van der Waals surface area contributed by atoms with Crippen molar-refractivity contribution in [2.24, 2.45) is 0 Å². The zero-order chi connectivity index (χ0) is 13.1. The van der Waals surface area contributed by atoms with E-state index in [1.807, 2.05) is 0 Å². The molecule has 0 amide bonds. The third-order valence-electron chi connectivity index (χ3n) is 3.44. The molecule has 0 bridgehead atoms. The number of aliphatic hydroxyl groups excluding tert-OH is 1. The SMILES string of the molecule is Cc1ccc(N2CCC(O)C2)c(CNC(C)C)c1. The van der Waals surface area contributed by atoms with Gasteiger partial charge < -0.3 is 15.3 Å². The summed E-state index contributed by atoms with van der Waals surface area (Å²) in [7, 11) is 0. The first-order chi connectivity index (χ1) is 8.56. The largest absolute Gasteiger partial charge is 0.391 e. The lowest BCUT2D eigenvalue weighted by Crippen LogP contribution is -2.26. The molecule has 0 saturated carbocycles. The molecule has 3 heteroatoms. The highest BCUT2D eigenvalue weighted by atomic mass is 16.3. The molecule has 1 saturated heterocycles. The second-order valence-corrected chi connectivity index (χ2v) is 5.56. The van der Waals surface area contributed by atoms with Crippen LogP contribution in [0.4, 0.5) is 5.69 Å². The Kier molecular flexibility index (Phi) is 4.25. The fourth-order valence-corrected chi connectivity index (χ4v) is 2.44. The minimum Gasteiger partial charge on any atom is -0.391 e. The van der Waals surface area contributed by atoms with Crippen molar-refractivity contribution in [1.82, 2.24) is 5.32 Å². The van der Waals surface area contributed by atoms with E-state index in [1.165, 1.54) is 16.8 Å². The van der Waals surface area contributed by atoms with E-state index in [9.17, 15) is 5.11 Å². The van der Waals surface area contributed by atoms with Crippen molar-refractivity contribution < 1.29 is 5.11 Å². The first-order valence-corrected chi connectivity index (χ1v) is 6.82. The van der Waals surface area contributed by atoms with Crippen molar-refractivity contribution in [1.29, 1.82) is 0 Å². The second-order valence-electron chi connectivity index (χ2n) is 5.56. The van der Waals surface area contributed by atoms with Crippen LogP contribution in [0.15, 0.2) is 18.2 Å². The van der Waals surface area contributed by atoms with E-state index < -0.39 is 0 Å². The number of hydrogen-bond donors (Lipinski definition) is 2. The Balaban J connectivity index is 2.17. The van der Waals surface area contributed by atoms with E-state index in [0.29, 0.717) is 6.04 Å². The molecule has 1 fully saturated rings. The van der Waals surface area contributed by atoms with Crippen LogP contribution in [0.25, 0.3) is 0 Å². The van der Waals surface area contributed by atoms with Gasteiger partial charge in [-0.1, -0.05) is 31.5 Å². The average Bonchev–Trinajstić information content (AvgIpc) is 2.73. The monoisotopic (exact) mass is 248 g/mol. The molecule has 0 radical (unpaired) electrons. The summed E-state index contributed by atoms with van der Waals surface area (Å²) in [6.07, 6.45) is 0.711. The van der Waals surface area contributed by atoms with Crippen LogP contribution in [0.1, 0.15) is 31.4 Å². The van der Waals surface area contributed by atoms with Gasteiger partial charge in [0, 0.05) is 31.4 Å². The van der Waals surface area contributed by atoms with Crippen molar-refractivity contribution in [2.75, 3.05) is 18.0 Å². The van der Waals surface area contributed by atoms with Gasteiger partial charge in [0.05, 0.1) is 6.10 Å². The summed E-state index contributed by atoms with van der Waals surface area (Å²) in [4.78, 5) is 2.29. The van der Waals surface area contributed by atoms with E-state index >= 15 is 0 Å². The first-order valence-electron chi connectivity index (χ1n) is 6.82. The number of aliphatic hydroxyl groups is 1. The van der Waals surface area contributed by atoms with Gasteiger partial charge in [-0.05, 0) is 25.0 Å². The predicted octanol–water partition coefficient (Wildman–Crippen LogP) is 2.06. The van der Waals surface area contributed by atoms with Crippen LogP contribution in [0, 0.1) is 6.92 Å². The Hall–Kier alpha value is -1.06. The van der Waals surface area contributed by atoms with Crippen LogP contribution < -0.4 is 10.2 Å². The fraction of sp³-hybridized carbons (Fsp3) is 0.600. The van der Waals surface area contributed by atoms with E-state index in [0.717, 1.165) is 26.1 Å². The number of nitrogens with zero attached hydrogens (tertiary/aromatic N) is 1. The summed E-state index contributed by atoms with van der Waals surface area (Å²) in [6, 6.07) is 7.07. The van der Waals surface area contributed by atoms with Crippen molar-refractivity contribution in [2.45, 2.75) is 45.9 Å². The molecule has 1 heterocycles. The number of benzene rings is 1. The summed E-state index contributed by atoms with van der Waals surface area (Å²) in [5.74, 6) is 0. The maximum absolute atomic E-state index is 9.67. The smallest absolute Gasteiger partial charge is 0.0731 e. The average molecular weight is 248 g/mol. The van der Waals surface area contributed by atoms with E-state index in [4.69, 9.17) is 0 Å². The molecule has 1 unspecified atom stereocenters. The highest BCUT2D eigenvalue weighted by Crippen LogP contribution is 2.25. The number of rotatable bonds is 4. The normalized spacial score (nSPS) is 19.8. The van der Waals surface area contributed by atoms with E-state index in [2.05, 4.69) is 49.2 Å². The van der Waals surface area contributed by atoms with Gasteiger partial charge in [0.15, 0.2) is 0 Å². The molecular weight excluding hydrogens is 224 g/mol. The van der Waals surface area contributed by atoms with Gasteiger partial charge in [0.25, 0.3) is 0 Å². The molecule has 18 heavy (non-hydrogen) atoms. The van der Waals surface area contributed by atoms with Gasteiger partial charge in [-0.15, -0.1) is 0 Å². The molecule has 0 spiro atoms. The molecular formula is C15H24N2O. The number of β-amino-alcohol motifs (C(OH)–C–C–N with tert-alkyl or cyclic N) is 1.